The number of nitrogens with zero attached hydrogens (tertiary/aromatic N) is 3. The van der Waals surface area contributed by atoms with E-state index >= 15 is 0 Å². The molecule has 0 saturated heterocycles. The Kier molecular flexibility index (Phi) is 7.73. The second-order valence-electron chi connectivity index (χ2n) is 9.16. The highest BCUT2D eigenvalue weighted by Gasteiger charge is 2.28. The number of esters is 1. The molecule has 0 aliphatic carbocycles. The third kappa shape index (κ3) is 5.42. The predicted molar refractivity (Wildman–Crippen MR) is 149 cm³/mol. The number of hydrogen-bond donors (Lipinski definition) is 1. The topological polar surface area (TPSA) is 86.1 Å². The van der Waals surface area contributed by atoms with Crippen molar-refractivity contribution in [1.29, 1.82) is 0 Å². The van der Waals surface area contributed by atoms with Gasteiger partial charge in [0.25, 0.3) is 5.91 Å². The van der Waals surface area contributed by atoms with Crippen LogP contribution in [0.2, 0.25) is 0 Å². The molecule has 1 amide bonds. The first-order valence-electron chi connectivity index (χ1n) is 13.0. The first-order valence-corrected chi connectivity index (χ1v) is 13.0. The van der Waals surface area contributed by atoms with Crippen molar-refractivity contribution in [1.82, 2.24) is 14.5 Å². The first-order chi connectivity index (χ1) is 18.7. The summed E-state index contributed by atoms with van der Waals surface area (Å²) in [5, 5.41) is 3.00. The molecular formula is C31H30N4O3. The molecule has 0 saturated carbocycles. The van der Waals surface area contributed by atoms with Crippen LogP contribution in [0.25, 0.3) is 22.2 Å². The van der Waals surface area contributed by atoms with E-state index in [1.807, 2.05) is 53.1 Å². The van der Waals surface area contributed by atoms with E-state index in [2.05, 4.69) is 24.4 Å². The fourth-order valence-corrected chi connectivity index (χ4v) is 4.48. The Hall–Kier alpha value is -4.52. The summed E-state index contributed by atoms with van der Waals surface area (Å²) in [6, 6.07) is 26.5. The van der Waals surface area contributed by atoms with E-state index in [0.29, 0.717) is 53.2 Å². The summed E-state index contributed by atoms with van der Waals surface area (Å²) in [7, 11) is 0. The molecule has 0 aliphatic rings. The van der Waals surface area contributed by atoms with Gasteiger partial charge in [0.05, 0.1) is 17.6 Å². The van der Waals surface area contributed by atoms with Crippen molar-refractivity contribution in [2.24, 2.45) is 0 Å². The number of rotatable bonds is 10. The summed E-state index contributed by atoms with van der Waals surface area (Å²) in [6.45, 7) is 2.89. The van der Waals surface area contributed by atoms with Crippen LogP contribution >= 0.6 is 0 Å². The second kappa shape index (κ2) is 11.7. The molecule has 38 heavy (non-hydrogen) atoms. The monoisotopic (exact) mass is 506 g/mol. The Morgan fingerprint density at radius 3 is 2.21 bits per heavy atom. The average molecular weight is 507 g/mol. The minimum Gasteiger partial charge on any atom is -0.462 e. The summed E-state index contributed by atoms with van der Waals surface area (Å²) < 4.78 is 7.56. The number of carbonyl (C=O) groups is 2. The molecular weight excluding hydrogens is 476 g/mol. The lowest BCUT2D eigenvalue weighted by Crippen LogP contribution is -2.19. The van der Waals surface area contributed by atoms with Crippen LogP contribution in [0.15, 0.2) is 84.9 Å². The molecule has 7 heteroatoms. The lowest BCUT2D eigenvalue weighted by Gasteiger charge is -2.13. The fraction of sp³-hybridized carbons (Fsp3) is 0.226. The Balaban J connectivity index is 1.64. The molecule has 0 spiro atoms. The van der Waals surface area contributed by atoms with Gasteiger partial charge in [-0.1, -0.05) is 80.4 Å². The van der Waals surface area contributed by atoms with Gasteiger partial charge >= 0.3 is 5.97 Å². The van der Waals surface area contributed by atoms with Gasteiger partial charge < -0.3 is 14.6 Å². The summed E-state index contributed by atoms with van der Waals surface area (Å²) in [5.74, 6) is -0.489. The maximum absolute atomic E-state index is 13.5. The first kappa shape index (κ1) is 25.1. The van der Waals surface area contributed by atoms with Crippen molar-refractivity contribution in [2.75, 3.05) is 11.9 Å². The van der Waals surface area contributed by atoms with Crippen LogP contribution in [0.1, 0.15) is 52.5 Å². The molecule has 0 aliphatic heterocycles. The van der Waals surface area contributed by atoms with Crippen LogP contribution in [-0.4, -0.2) is 33.0 Å². The number of hydrogen-bond acceptors (Lipinski definition) is 5. The highest BCUT2D eigenvalue weighted by molar-refractivity contribution is 6.13. The zero-order valence-corrected chi connectivity index (χ0v) is 21.4. The molecule has 0 fully saturated rings. The number of amides is 1. The van der Waals surface area contributed by atoms with E-state index in [1.54, 1.807) is 24.3 Å². The average Bonchev–Trinajstić information content (AvgIpc) is 3.25. The van der Waals surface area contributed by atoms with Crippen LogP contribution in [0, 0.1) is 0 Å². The number of anilines is 1. The van der Waals surface area contributed by atoms with Gasteiger partial charge in [-0.3, -0.25) is 4.79 Å². The number of nitrogens with one attached hydrogen (secondary N) is 1. The third-order valence-electron chi connectivity index (χ3n) is 6.47. The molecule has 0 bridgehead atoms. The van der Waals surface area contributed by atoms with Gasteiger partial charge in [0.15, 0.2) is 5.65 Å². The zero-order chi connectivity index (χ0) is 26.3. The van der Waals surface area contributed by atoms with Gasteiger partial charge in [0, 0.05) is 12.1 Å². The van der Waals surface area contributed by atoms with Gasteiger partial charge in [-0.25, -0.2) is 14.8 Å². The van der Waals surface area contributed by atoms with E-state index < -0.39 is 5.97 Å². The largest absolute Gasteiger partial charge is 0.462 e. The van der Waals surface area contributed by atoms with Crippen molar-refractivity contribution < 1.29 is 14.3 Å². The minimum absolute atomic E-state index is 0.229. The molecule has 0 atom stereocenters. The van der Waals surface area contributed by atoms with Gasteiger partial charge in [-0.15, -0.1) is 0 Å². The Labute approximate surface area is 221 Å². The van der Waals surface area contributed by atoms with Gasteiger partial charge in [0.2, 0.25) is 0 Å². The number of fused-ring (bicyclic) bond motifs is 2. The predicted octanol–water partition coefficient (Wildman–Crippen LogP) is 6.43. The molecule has 1 N–H and O–H groups in total. The van der Waals surface area contributed by atoms with Gasteiger partial charge in [0.1, 0.15) is 16.9 Å². The Bertz CT molecular complexity index is 1560. The molecule has 0 radical (unpaired) electrons. The third-order valence-corrected chi connectivity index (χ3v) is 6.47. The van der Waals surface area contributed by atoms with Crippen molar-refractivity contribution in [3.63, 3.8) is 0 Å². The van der Waals surface area contributed by atoms with E-state index in [1.165, 1.54) is 0 Å². The van der Waals surface area contributed by atoms with Crippen molar-refractivity contribution in [2.45, 2.75) is 39.2 Å². The number of aromatic nitrogens is 3. The second-order valence-corrected chi connectivity index (χ2v) is 9.16. The molecule has 5 aromatic rings. The number of para-hydroxylation sites is 2. The molecule has 2 aromatic heterocycles. The molecule has 5 rings (SSSR count). The Morgan fingerprint density at radius 2 is 1.50 bits per heavy atom. The number of ether oxygens (including phenoxy) is 1. The summed E-state index contributed by atoms with van der Waals surface area (Å²) in [4.78, 5) is 36.5. The van der Waals surface area contributed by atoms with E-state index in [4.69, 9.17) is 14.7 Å². The van der Waals surface area contributed by atoms with Crippen molar-refractivity contribution >= 4 is 39.9 Å². The van der Waals surface area contributed by atoms with Crippen molar-refractivity contribution in [3.05, 3.63) is 102 Å². The van der Waals surface area contributed by atoms with Crippen molar-refractivity contribution in [3.8, 4) is 0 Å². The maximum Gasteiger partial charge on any atom is 0.344 e. The standard InChI is InChI=1S/C31H30N4O3/c1-2-3-12-21-38-31(37)26-27-29(33-25-18-11-10-17-24(25)32-27)35(20-19-22-13-6-4-7-14-22)28(26)34-30(36)23-15-8-5-9-16-23/h4-11,13-18H,2-3,12,19-21H2,1H3,(H,34,36). The van der Waals surface area contributed by atoms with Crippen LogP contribution in [-0.2, 0) is 17.7 Å². The number of unbranched alkanes of at least 4 members (excludes halogenated alkanes) is 2. The number of benzene rings is 3. The van der Waals surface area contributed by atoms with Crippen LogP contribution < -0.4 is 5.32 Å². The van der Waals surface area contributed by atoms with Crippen LogP contribution in [0.4, 0.5) is 5.82 Å². The zero-order valence-electron chi connectivity index (χ0n) is 21.4. The van der Waals surface area contributed by atoms with Gasteiger partial charge in [-0.2, -0.15) is 0 Å². The number of aryl methyl sites for hydroxylation is 2. The number of carbonyl (C=O) groups excluding carboxylic acids is 2. The minimum atomic E-state index is -0.516. The van der Waals surface area contributed by atoms with Crippen LogP contribution in [0.3, 0.4) is 0 Å². The van der Waals surface area contributed by atoms with E-state index in [9.17, 15) is 9.59 Å². The SMILES string of the molecule is CCCCCOC(=O)c1c(NC(=O)c2ccccc2)n(CCc2ccccc2)c2nc3ccccc3nc12. The summed E-state index contributed by atoms with van der Waals surface area (Å²) >= 11 is 0. The highest BCUT2D eigenvalue weighted by Crippen LogP contribution is 2.31. The molecule has 3 aromatic carbocycles. The van der Waals surface area contributed by atoms with E-state index in [0.717, 1.165) is 24.8 Å². The molecule has 2 heterocycles. The van der Waals surface area contributed by atoms with Gasteiger partial charge in [-0.05, 0) is 42.7 Å². The normalized spacial score (nSPS) is 11.1. The molecule has 7 nitrogen and oxygen atoms in total. The fourth-order valence-electron chi connectivity index (χ4n) is 4.48. The molecule has 0 unspecified atom stereocenters. The lowest BCUT2D eigenvalue weighted by atomic mass is 10.1. The summed E-state index contributed by atoms with van der Waals surface area (Å²) in [5.41, 5.74) is 4.17. The smallest absolute Gasteiger partial charge is 0.344 e. The van der Waals surface area contributed by atoms with Crippen LogP contribution in [0.5, 0.6) is 0 Å². The quantitative estimate of drug-likeness (QED) is 0.174. The summed E-state index contributed by atoms with van der Waals surface area (Å²) in [6.07, 6.45) is 3.44. The Morgan fingerprint density at radius 1 is 0.842 bits per heavy atom. The van der Waals surface area contributed by atoms with E-state index in [-0.39, 0.29) is 11.5 Å². The lowest BCUT2D eigenvalue weighted by molar-refractivity contribution is 0.0501. The highest BCUT2D eigenvalue weighted by atomic mass is 16.5. The molecule has 192 valence electrons. The maximum atomic E-state index is 13.5.